The molecule has 0 aliphatic rings. The maximum Gasteiger partial charge on any atom is 0.0845 e. The van der Waals surface area contributed by atoms with Gasteiger partial charge in [0, 0.05) is 23.2 Å². The molecule has 2 nitrogen and oxygen atoms in total. The molecule has 0 aliphatic carbocycles. The maximum absolute atomic E-state index is 10.1. The zero-order chi connectivity index (χ0) is 12.8. The highest BCUT2D eigenvalue weighted by Crippen LogP contribution is 2.22. The molecule has 0 bridgehead atoms. The Bertz CT molecular complexity index is 470. The topological polar surface area (TPSA) is 33.1 Å². The van der Waals surface area contributed by atoms with Crippen LogP contribution >= 0.6 is 11.8 Å². The van der Waals surface area contributed by atoms with Crippen molar-refractivity contribution in [3.8, 4) is 0 Å². The number of hydrogen-bond acceptors (Lipinski definition) is 3. The van der Waals surface area contributed by atoms with Crippen LogP contribution in [0.5, 0.6) is 0 Å². The zero-order valence-corrected chi connectivity index (χ0v) is 11.2. The first-order valence-corrected chi connectivity index (χ1v) is 7.09. The van der Waals surface area contributed by atoms with Gasteiger partial charge in [-0.1, -0.05) is 25.1 Å². The summed E-state index contributed by atoms with van der Waals surface area (Å²) in [6.45, 7) is 2.13. The number of aliphatic hydroxyl groups is 1. The van der Waals surface area contributed by atoms with Crippen LogP contribution in [-0.2, 0) is 6.42 Å². The summed E-state index contributed by atoms with van der Waals surface area (Å²) in [7, 11) is 0. The van der Waals surface area contributed by atoms with E-state index in [1.807, 2.05) is 30.3 Å². The van der Waals surface area contributed by atoms with Crippen molar-refractivity contribution in [1.29, 1.82) is 0 Å². The quantitative estimate of drug-likeness (QED) is 0.835. The highest BCUT2D eigenvalue weighted by atomic mass is 32.2. The second-order valence-corrected chi connectivity index (χ2v) is 5.38. The summed E-state index contributed by atoms with van der Waals surface area (Å²) in [5, 5.41) is 10.1. The van der Waals surface area contributed by atoms with Gasteiger partial charge in [-0.05, 0) is 35.6 Å². The summed E-state index contributed by atoms with van der Waals surface area (Å²) >= 11 is 1.81. The lowest BCUT2D eigenvalue weighted by molar-refractivity contribution is 0.177. The normalized spacial score (nSPS) is 12.3. The Balaban J connectivity index is 2.02. The van der Waals surface area contributed by atoms with Crippen LogP contribution in [0.25, 0.3) is 0 Å². The lowest BCUT2D eigenvalue weighted by atomic mass is 10.0. The van der Waals surface area contributed by atoms with Gasteiger partial charge in [0.2, 0.25) is 0 Å². The summed E-state index contributed by atoms with van der Waals surface area (Å²) in [6, 6.07) is 13.9. The van der Waals surface area contributed by atoms with Crippen LogP contribution in [0, 0.1) is 0 Å². The molecule has 94 valence electrons. The molecular weight excluding hydrogens is 242 g/mol. The minimum absolute atomic E-state index is 0.486. The molecule has 1 heterocycles. The van der Waals surface area contributed by atoms with Crippen molar-refractivity contribution in [3.05, 3.63) is 59.9 Å². The molecule has 1 aromatic carbocycles. The van der Waals surface area contributed by atoms with E-state index in [1.54, 1.807) is 18.0 Å². The number of nitrogens with zero attached hydrogens (tertiary/aromatic N) is 1. The highest BCUT2D eigenvalue weighted by Gasteiger charge is 2.09. The fourth-order valence-corrected chi connectivity index (χ4v) is 2.45. The molecule has 2 aromatic rings. The summed E-state index contributed by atoms with van der Waals surface area (Å²) in [6.07, 6.45) is 1.82. The number of hydrogen-bond donors (Lipinski definition) is 1. The number of benzene rings is 1. The number of pyridine rings is 1. The summed E-state index contributed by atoms with van der Waals surface area (Å²) in [5.74, 6) is 1.07. The number of thioether (sulfide) groups is 1. The fourth-order valence-electron chi connectivity index (χ4n) is 1.79. The van der Waals surface area contributed by atoms with Gasteiger partial charge in [-0.3, -0.25) is 4.98 Å². The van der Waals surface area contributed by atoms with Gasteiger partial charge in [0.15, 0.2) is 0 Å². The van der Waals surface area contributed by atoms with Crippen LogP contribution in [0.4, 0.5) is 0 Å². The third-order valence-corrected chi connectivity index (χ3v) is 3.60. The summed E-state index contributed by atoms with van der Waals surface area (Å²) < 4.78 is 0. The predicted molar refractivity (Wildman–Crippen MR) is 75.7 cm³/mol. The first-order valence-electron chi connectivity index (χ1n) is 6.10. The fraction of sp³-hybridized carbons (Fsp3) is 0.267. The van der Waals surface area contributed by atoms with Crippen molar-refractivity contribution >= 4 is 11.8 Å². The maximum atomic E-state index is 10.1. The zero-order valence-electron chi connectivity index (χ0n) is 10.4. The second kappa shape index (κ2) is 6.57. The highest BCUT2D eigenvalue weighted by molar-refractivity contribution is 7.99. The molecule has 18 heavy (non-hydrogen) atoms. The van der Waals surface area contributed by atoms with E-state index in [0.29, 0.717) is 6.42 Å². The summed E-state index contributed by atoms with van der Waals surface area (Å²) in [4.78, 5) is 5.47. The third kappa shape index (κ3) is 3.59. The molecule has 0 amide bonds. The van der Waals surface area contributed by atoms with Gasteiger partial charge in [0.05, 0.1) is 6.10 Å². The second-order valence-electron chi connectivity index (χ2n) is 4.04. The molecule has 0 radical (unpaired) electrons. The molecule has 0 fully saturated rings. The van der Waals surface area contributed by atoms with E-state index in [1.165, 1.54) is 4.90 Å². The number of rotatable bonds is 5. The average Bonchev–Trinajstić information content (AvgIpc) is 2.41. The molecule has 0 spiro atoms. The molecule has 1 N–H and O–H groups in total. The van der Waals surface area contributed by atoms with Crippen LogP contribution in [0.15, 0.2) is 53.6 Å². The van der Waals surface area contributed by atoms with Crippen molar-refractivity contribution in [2.24, 2.45) is 0 Å². The first kappa shape index (κ1) is 13.1. The van der Waals surface area contributed by atoms with Crippen molar-refractivity contribution < 1.29 is 5.11 Å². The van der Waals surface area contributed by atoms with Crippen molar-refractivity contribution in [2.75, 3.05) is 5.75 Å². The Labute approximate surface area is 112 Å². The Morgan fingerprint density at radius 3 is 2.56 bits per heavy atom. The van der Waals surface area contributed by atoms with Gasteiger partial charge >= 0.3 is 0 Å². The van der Waals surface area contributed by atoms with Crippen molar-refractivity contribution in [1.82, 2.24) is 4.98 Å². The number of aromatic nitrogens is 1. The average molecular weight is 259 g/mol. The Morgan fingerprint density at radius 1 is 1.17 bits per heavy atom. The molecule has 2 rings (SSSR count). The monoisotopic (exact) mass is 259 g/mol. The van der Waals surface area contributed by atoms with Gasteiger partial charge in [-0.25, -0.2) is 0 Å². The predicted octanol–water partition coefficient (Wildman–Crippen LogP) is 3.47. The first-order chi connectivity index (χ1) is 8.79. The minimum Gasteiger partial charge on any atom is -0.388 e. The molecule has 0 saturated carbocycles. The molecular formula is C15H17NOS. The van der Waals surface area contributed by atoms with Crippen LogP contribution in [0.3, 0.4) is 0 Å². The largest absolute Gasteiger partial charge is 0.388 e. The van der Waals surface area contributed by atoms with E-state index in [9.17, 15) is 5.11 Å². The molecule has 3 heteroatoms. The van der Waals surface area contributed by atoms with Crippen LogP contribution in [0.1, 0.15) is 24.3 Å². The van der Waals surface area contributed by atoms with Gasteiger partial charge in [0.1, 0.15) is 0 Å². The Morgan fingerprint density at radius 2 is 1.94 bits per heavy atom. The van der Waals surface area contributed by atoms with E-state index in [0.717, 1.165) is 17.0 Å². The Hall–Kier alpha value is -1.32. The standard InChI is InChI=1S/C15H17NOS/c1-2-18-14-8-6-12(7-9-14)15(17)11-13-5-3-4-10-16-13/h3-10,15,17H,2,11H2,1H3. The van der Waals surface area contributed by atoms with Crippen LogP contribution < -0.4 is 0 Å². The van der Waals surface area contributed by atoms with Gasteiger partial charge in [-0.2, -0.15) is 0 Å². The smallest absolute Gasteiger partial charge is 0.0845 e. The molecule has 1 unspecified atom stereocenters. The number of aliphatic hydroxyl groups excluding tert-OH is 1. The SMILES string of the molecule is CCSc1ccc(C(O)Cc2ccccn2)cc1. The van der Waals surface area contributed by atoms with Crippen LogP contribution in [-0.4, -0.2) is 15.8 Å². The lowest BCUT2D eigenvalue weighted by Crippen LogP contribution is -2.02. The van der Waals surface area contributed by atoms with E-state index in [2.05, 4.69) is 24.0 Å². The van der Waals surface area contributed by atoms with E-state index in [4.69, 9.17) is 0 Å². The van der Waals surface area contributed by atoms with E-state index < -0.39 is 6.10 Å². The molecule has 1 aromatic heterocycles. The van der Waals surface area contributed by atoms with Gasteiger partial charge < -0.3 is 5.11 Å². The van der Waals surface area contributed by atoms with Gasteiger partial charge in [-0.15, -0.1) is 11.8 Å². The van der Waals surface area contributed by atoms with Gasteiger partial charge in [0.25, 0.3) is 0 Å². The lowest BCUT2D eigenvalue weighted by Gasteiger charge is -2.11. The minimum atomic E-state index is -0.486. The van der Waals surface area contributed by atoms with E-state index in [-0.39, 0.29) is 0 Å². The Kier molecular flexibility index (Phi) is 4.79. The summed E-state index contributed by atoms with van der Waals surface area (Å²) in [5.41, 5.74) is 1.86. The third-order valence-electron chi connectivity index (χ3n) is 2.70. The van der Waals surface area contributed by atoms with E-state index >= 15 is 0 Å². The molecule has 0 saturated heterocycles. The molecule has 1 atom stereocenters. The van der Waals surface area contributed by atoms with Crippen molar-refractivity contribution in [3.63, 3.8) is 0 Å². The van der Waals surface area contributed by atoms with Crippen molar-refractivity contribution in [2.45, 2.75) is 24.3 Å². The molecule has 0 aliphatic heterocycles. The van der Waals surface area contributed by atoms with Crippen LogP contribution in [0.2, 0.25) is 0 Å².